The first-order valence-electron chi connectivity index (χ1n) is 7.46. The third kappa shape index (κ3) is 1.81. The first-order valence-corrected chi connectivity index (χ1v) is 7.46. The molecule has 0 radical (unpaired) electrons. The molecule has 0 saturated heterocycles. The summed E-state index contributed by atoms with van der Waals surface area (Å²) in [5.74, 6) is 1.55. The normalized spacial score (nSPS) is 12.0. The Morgan fingerprint density at radius 1 is 0.917 bits per heavy atom. The van der Waals surface area contributed by atoms with Crippen molar-refractivity contribution >= 4 is 16.6 Å². The van der Waals surface area contributed by atoms with E-state index in [1.165, 1.54) is 7.11 Å². The van der Waals surface area contributed by atoms with E-state index >= 15 is 0 Å². The minimum Gasteiger partial charge on any atom is -0.497 e. The number of carbonyl (C=O) groups is 1. The van der Waals surface area contributed by atoms with Crippen LogP contribution in [0.4, 0.5) is 0 Å². The van der Waals surface area contributed by atoms with Crippen LogP contribution in [-0.4, -0.2) is 32.1 Å². The summed E-state index contributed by atoms with van der Waals surface area (Å²) in [7, 11) is 4.69. The van der Waals surface area contributed by atoms with Crippen molar-refractivity contribution in [2.24, 2.45) is 0 Å². The molecule has 24 heavy (non-hydrogen) atoms. The summed E-state index contributed by atoms with van der Waals surface area (Å²) < 4.78 is 16.2. The van der Waals surface area contributed by atoms with Crippen molar-refractivity contribution in [1.29, 1.82) is 0 Å². The van der Waals surface area contributed by atoms with Crippen molar-refractivity contribution in [3.63, 3.8) is 0 Å². The number of fused-ring (bicyclic) bond motifs is 2. The molecule has 120 valence electrons. The number of hydrogen-bond acceptors (Lipinski definition) is 5. The Morgan fingerprint density at radius 3 is 2.46 bits per heavy atom. The number of pyridine rings is 1. The molecule has 1 aromatic heterocycles. The van der Waals surface area contributed by atoms with Crippen LogP contribution in [0, 0.1) is 0 Å². The van der Waals surface area contributed by atoms with E-state index in [9.17, 15) is 4.79 Å². The highest BCUT2D eigenvalue weighted by molar-refractivity contribution is 6.27. The molecule has 0 atom stereocenters. The number of nitrogens with zero attached hydrogens (tertiary/aromatic N) is 1. The molecule has 0 spiro atoms. The predicted octanol–water partition coefficient (Wildman–Crippen LogP) is 3.47. The van der Waals surface area contributed by atoms with Gasteiger partial charge in [0.15, 0.2) is 17.3 Å². The van der Waals surface area contributed by atoms with Crippen LogP contribution in [0.3, 0.4) is 0 Å². The van der Waals surface area contributed by atoms with Crippen LogP contribution in [0.5, 0.6) is 17.2 Å². The monoisotopic (exact) mass is 321 g/mol. The predicted molar refractivity (Wildman–Crippen MR) is 90.3 cm³/mol. The van der Waals surface area contributed by atoms with Gasteiger partial charge in [0.25, 0.3) is 0 Å². The van der Waals surface area contributed by atoms with Gasteiger partial charge in [-0.25, -0.2) is 0 Å². The van der Waals surface area contributed by atoms with Crippen molar-refractivity contribution in [1.82, 2.24) is 4.98 Å². The summed E-state index contributed by atoms with van der Waals surface area (Å²) >= 11 is 0. The Hall–Kier alpha value is -3.08. The number of methoxy groups -OCH3 is 3. The summed E-state index contributed by atoms with van der Waals surface area (Å²) in [6.07, 6.45) is 1.73. The van der Waals surface area contributed by atoms with Crippen LogP contribution in [0.25, 0.3) is 22.0 Å². The average Bonchev–Trinajstić information content (AvgIpc) is 2.64. The Labute approximate surface area is 138 Å². The van der Waals surface area contributed by atoms with E-state index in [2.05, 4.69) is 4.98 Å². The highest BCUT2D eigenvalue weighted by atomic mass is 16.5. The number of aromatic nitrogens is 1. The van der Waals surface area contributed by atoms with E-state index in [-0.39, 0.29) is 5.78 Å². The van der Waals surface area contributed by atoms with Crippen molar-refractivity contribution in [3.05, 3.63) is 47.7 Å². The van der Waals surface area contributed by atoms with E-state index in [4.69, 9.17) is 14.2 Å². The largest absolute Gasteiger partial charge is 0.497 e. The Morgan fingerprint density at radius 2 is 1.75 bits per heavy atom. The van der Waals surface area contributed by atoms with Crippen LogP contribution in [-0.2, 0) is 0 Å². The zero-order chi connectivity index (χ0) is 16.8. The van der Waals surface area contributed by atoms with Crippen molar-refractivity contribution < 1.29 is 19.0 Å². The van der Waals surface area contributed by atoms with Gasteiger partial charge in [-0.2, -0.15) is 0 Å². The van der Waals surface area contributed by atoms with Crippen LogP contribution in [0.15, 0.2) is 36.5 Å². The van der Waals surface area contributed by atoms with Gasteiger partial charge in [-0.1, -0.05) is 0 Å². The maximum Gasteiger partial charge on any atom is 0.198 e. The molecule has 0 N–H and O–H groups in total. The lowest BCUT2D eigenvalue weighted by molar-refractivity contribution is 0.103. The second kappa shape index (κ2) is 5.23. The van der Waals surface area contributed by atoms with Crippen LogP contribution in [0.2, 0.25) is 0 Å². The zero-order valence-corrected chi connectivity index (χ0v) is 13.5. The minimum atomic E-state index is -0.103. The first kappa shape index (κ1) is 14.5. The number of carbonyl (C=O) groups excluding carboxylic acids is 1. The van der Waals surface area contributed by atoms with E-state index < -0.39 is 0 Å². The van der Waals surface area contributed by atoms with E-state index in [0.717, 1.165) is 22.0 Å². The summed E-state index contributed by atoms with van der Waals surface area (Å²) in [6.45, 7) is 0. The minimum absolute atomic E-state index is 0.103. The molecule has 0 amide bonds. The molecular weight excluding hydrogens is 306 g/mol. The van der Waals surface area contributed by atoms with Gasteiger partial charge >= 0.3 is 0 Å². The third-order valence-corrected chi connectivity index (χ3v) is 4.35. The quantitative estimate of drug-likeness (QED) is 0.578. The van der Waals surface area contributed by atoms with Crippen molar-refractivity contribution in [3.8, 4) is 28.5 Å². The molecule has 1 aliphatic carbocycles. The summed E-state index contributed by atoms with van der Waals surface area (Å²) in [4.78, 5) is 17.7. The Kier molecular flexibility index (Phi) is 3.16. The fraction of sp³-hybridized carbons (Fsp3) is 0.158. The maximum atomic E-state index is 13.1. The Balaban J connectivity index is 2.18. The number of benzene rings is 2. The highest BCUT2D eigenvalue weighted by Crippen LogP contribution is 2.46. The van der Waals surface area contributed by atoms with Gasteiger partial charge in [0.2, 0.25) is 0 Å². The summed E-state index contributed by atoms with van der Waals surface area (Å²) in [6, 6.07) is 9.10. The molecule has 0 fully saturated rings. The first-order chi connectivity index (χ1) is 11.7. The molecule has 0 unspecified atom stereocenters. The van der Waals surface area contributed by atoms with E-state index in [1.807, 2.05) is 18.2 Å². The summed E-state index contributed by atoms with van der Waals surface area (Å²) in [5.41, 5.74) is 2.59. The van der Waals surface area contributed by atoms with E-state index in [0.29, 0.717) is 28.4 Å². The van der Waals surface area contributed by atoms with Crippen LogP contribution >= 0.6 is 0 Å². The molecule has 1 heterocycles. The lowest BCUT2D eigenvalue weighted by Crippen LogP contribution is -2.13. The number of ether oxygens (including phenoxy) is 3. The molecular formula is C19H15NO4. The SMILES string of the molecule is COc1ccc2c(c1)-c1nccc3cc(OC)c(OC)c(c13)C2=O. The molecule has 0 aliphatic heterocycles. The smallest absolute Gasteiger partial charge is 0.198 e. The lowest BCUT2D eigenvalue weighted by atomic mass is 9.85. The molecule has 0 bridgehead atoms. The molecule has 2 aromatic carbocycles. The molecule has 3 aromatic rings. The second-order valence-electron chi connectivity index (χ2n) is 5.49. The summed E-state index contributed by atoms with van der Waals surface area (Å²) in [5, 5.41) is 1.66. The van der Waals surface area contributed by atoms with Crippen molar-refractivity contribution in [2.75, 3.05) is 21.3 Å². The molecule has 5 nitrogen and oxygen atoms in total. The van der Waals surface area contributed by atoms with Crippen LogP contribution < -0.4 is 14.2 Å². The van der Waals surface area contributed by atoms with Gasteiger partial charge in [-0.15, -0.1) is 0 Å². The number of ketones is 1. The van der Waals surface area contributed by atoms with Crippen LogP contribution in [0.1, 0.15) is 15.9 Å². The lowest BCUT2D eigenvalue weighted by Gasteiger charge is -2.22. The van der Waals surface area contributed by atoms with Gasteiger partial charge in [0.05, 0.1) is 32.6 Å². The fourth-order valence-electron chi connectivity index (χ4n) is 3.26. The maximum absolute atomic E-state index is 13.1. The van der Waals surface area contributed by atoms with Gasteiger partial charge in [-0.3, -0.25) is 9.78 Å². The highest BCUT2D eigenvalue weighted by Gasteiger charge is 2.31. The zero-order valence-electron chi connectivity index (χ0n) is 13.5. The average molecular weight is 321 g/mol. The van der Waals surface area contributed by atoms with Gasteiger partial charge in [0, 0.05) is 22.7 Å². The van der Waals surface area contributed by atoms with Gasteiger partial charge in [0.1, 0.15) is 5.75 Å². The number of hydrogen-bond donors (Lipinski definition) is 0. The van der Waals surface area contributed by atoms with E-state index in [1.54, 1.807) is 32.5 Å². The molecule has 4 rings (SSSR count). The second-order valence-corrected chi connectivity index (χ2v) is 5.49. The van der Waals surface area contributed by atoms with Gasteiger partial charge < -0.3 is 14.2 Å². The molecule has 0 saturated carbocycles. The number of rotatable bonds is 3. The molecule has 1 aliphatic rings. The molecule has 5 heteroatoms. The Bertz CT molecular complexity index is 994. The van der Waals surface area contributed by atoms with Gasteiger partial charge in [-0.05, 0) is 35.7 Å². The standard InChI is InChI=1S/C19H15NO4/c1-22-11-4-5-12-13(9-11)17-15-10(6-7-20-17)8-14(23-2)19(24-3)16(15)18(12)21/h4-9H,1-3H3. The topological polar surface area (TPSA) is 57.6 Å². The van der Waals surface area contributed by atoms with Crippen molar-refractivity contribution in [2.45, 2.75) is 0 Å². The fourth-order valence-corrected chi connectivity index (χ4v) is 3.26. The third-order valence-electron chi connectivity index (χ3n) is 4.35.